The predicted octanol–water partition coefficient (Wildman–Crippen LogP) is 4.66. The lowest BCUT2D eigenvalue weighted by Crippen LogP contribution is -2.18. The van der Waals surface area contributed by atoms with Crippen molar-refractivity contribution in [2.24, 2.45) is 17.8 Å². The molecule has 0 aliphatic carbocycles. The van der Waals surface area contributed by atoms with Crippen LogP contribution in [0.15, 0.2) is 11.6 Å². The maximum absolute atomic E-state index is 2.39. The van der Waals surface area contributed by atoms with Gasteiger partial charge in [0.1, 0.15) is 0 Å². The van der Waals surface area contributed by atoms with E-state index in [1.807, 2.05) is 0 Å². The molecule has 0 N–H and O–H groups in total. The Balaban J connectivity index is 4.48. The monoisotopic (exact) mass is 182 g/mol. The lowest BCUT2D eigenvalue weighted by molar-refractivity contribution is 0.300. The van der Waals surface area contributed by atoms with E-state index in [0.29, 0.717) is 0 Å². The van der Waals surface area contributed by atoms with E-state index >= 15 is 0 Å². The average molecular weight is 182 g/mol. The molecule has 0 rings (SSSR count). The van der Waals surface area contributed by atoms with E-state index in [0.717, 1.165) is 17.8 Å². The zero-order valence-corrected chi connectivity index (χ0v) is 10.2. The third-order valence-corrected chi connectivity index (χ3v) is 3.38. The van der Waals surface area contributed by atoms with E-state index in [-0.39, 0.29) is 0 Å². The van der Waals surface area contributed by atoms with E-state index in [4.69, 9.17) is 0 Å². The van der Waals surface area contributed by atoms with Crippen LogP contribution in [0.2, 0.25) is 0 Å². The molecule has 0 fully saturated rings. The quantitative estimate of drug-likeness (QED) is 0.542. The highest BCUT2D eigenvalue weighted by Gasteiger charge is 2.20. The molecule has 0 aromatic carbocycles. The van der Waals surface area contributed by atoms with E-state index in [2.05, 4.69) is 47.6 Å². The van der Waals surface area contributed by atoms with Gasteiger partial charge in [-0.15, -0.1) is 0 Å². The van der Waals surface area contributed by atoms with Gasteiger partial charge in [-0.05, 0) is 37.5 Å². The van der Waals surface area contributed by atoms with Crippen molar-refractivity contribution in [2.75, 3.05) is 0 Å². The third kappa shape index (κ3) is 3.54. The van der Waals surface area contributed by atoms with E-state index in [1.165, 1.54) is 12.8 Å². The van der Waals surface area contributed by atoms with Crippen molar-refractivity contribution in [1.29, 1.82) is 0 Å². The molecule has 13 heavy (non-hydrogen) atoms. The molecular weight excluding hydrogens is 156 g/mol. The number of hydrogen-bond acceptors (Lipinski definition) is 0. The second-order valence-electron chi connectivity index (χ2n) is 4.34. The fourth-order valence-corrected chi connectivity index (χ4v) is 2.12. The van der Waals surface area contributed by atoms with Gasteiger partial charge >= 0.3 is 0 Å². The molecule has 0 saturated carbocycles. The zero-order valence-electron chi connectivity index (χ0n) is 10.2. The van der Waals surface area contributed by atoms with Crippen molar-refractivity contribution in [3.8, 4) is 0 Å². The van der Waals surface area contributed by atoms with Gasteiger partial charge in [0, 0.05) is 0 Å². The van der Waals surface area contributed by atoms with Crippen LogP contribution in [0.25, 0.3) is 0 Å². The summed E-state index contributed by atoms with van der Waals surface area (Å²) in [6, 6.07) is 0. The first-order chi connectivity index (χ1) is 6.08. The van der Waals surface area contributed by atoms with Crippen LogP contribution < -0.4 is 0 Å². The highest BCUT2D eigenvalue weighted by atomic mass is 14.3. The van der Waals surface area contributed by atoms with Crippen molar-refractivity contribution >= 4 is 0 Å². The van der Waals surface area contributed by atoms with Gasteiger partial charge in [0.15, 0.2) is 0 Å². The highest BCUT2D eigenvalue weighted by molar-refractivity contribution is 5.06. The Morgan fingerprint density at radius 1 is 1.15 bits per heavy atom. The summed E-state index contributed by atoms with van der Waals surface area (Å²) >= 11 is 0. The number of rotatable bonds is 5. The van der Waals surface area contributed by atoms with Crippen LogP contribution in [0.3, 0.4) is 0 Å². The van der Waals surface area contributed by atoms with Crippen molar-refractivity contribution in [2.45, 2.75) is 54.4 Å². The second-order valence-corrected chi connectivity index (χ2v) is 4.34. The molecule has 0 saturated heterocycles. The Kier molecular flexibility index (Phi) is 6.11. The Bertz CT molecular complexity index is 153. The number of allylic oxidation sites excluding steroid dienone is 2. The Labute approximate surface area is 84.4 Å². The molecule has 0 spiro atoms. The Morgan fingerprint density at radius 2 is 1.69 bits per heavy atom. The van der Waals surface area contributed by atoms with Gasteiger partial charge < -0.3 is 0 Å². The molecule has 0 aliphatic rings. The third-order valence-electron chi connectivity index (χ3n) is 3.38. The van der Waals surface area contributed by atoms with Gasteiger partial charge in [-0.2, -0.15) is 0 Å². The van der Waals surface area contributed by atoms with Gasteiger partial charge in [0.2, 0.25) is 0 Å². The average Bonchev–Trinajstić information content (AvgIpc) is 2.12. The summed E-state index contributed by atoms with van der Waals surface area (Å²) in [5.41, 5.74) is 1.64. The summed E-state index contributed by atoms with van der Waals surface area (Å²) in [4.78, 5) is 0. The summed E-state index contributed by atoms with van der Waals surface area (Å²) in [5.74, 6) is 2.41. The number of hydrogen-bond donors (Lipinski definition) is 0. The maximum Gasteiger partial charge on any atom is -0.0178 e. The van der Waals surface area contributed by atoms with Crippen molar-refractivity contribution in [3.05, 3.63) is 11.6 Å². The minimum Gasteiger partial charge on any atom is -0.0882 e. The molecule has 0 amide bonds. The predicted molar refractivity (Wildman–Crippen MR) is 61.8 cm³/mol. The first kappa shape index (κ1) is 12.7. The van der Waals surface area contributed by atoms with Gasteiger partial charge in [0.05, 0.1) is 0 Å². The SMILES string of the molecule is CC=C(CC)C(CC)C(C)C(C)C. The molecule has 0 aliphatic heterocycles. The van der Waals surface area contributed by atoms with Crippen LogP contribution in [0, 0.1) is 17.8 Å². The van der Waals surface area contributed by atoms with Crippen molar-refractivity contribution in [3.63, 3.8) is 0 Å². The topological polar surface area (TPSA) is 0 Å². The molecule has 0 aromatic heterocycles. The minimum atomic E-state index is 0.798. The Hall–Kier alpha value is -0.260. The Morgan fingerprint density at radius 3 is 1.92 bits per heavy atom. The first-order valence-electron chi connectivity index (χ1n) is 5.73. The second kappa shape index (κ2) is 6.23. The van der Waals surface area contributed by atoms with Crippen LogP contribution in [0.1, 0.15) is 54.4 Å². The lowest BCUT2D eigenvalue weighted by atomic mass is 9.78. The molecule has 0 heteroatoms. The largest absolute Gasteiger partial charge is 0.0882 e. The highest BCUT2D eigenvalue weighted by Crippen LogP contribution is 2.30. The molecule has 0 bridgehead atoms. The van der Waals surface area contributed by atoms with Crippen molar-refractivity contribution < 1.29 is 0 Å². The molecule has 0 heterocycles. The fraction of sp³-hybridized carbons (Fsp3) is 0.846. The lowest BCUT2D eigenvalue weighted by Gasteiger charge is -2.28. The summed E-state index contributed by atoms with van der Waals surface area (Å²) < 4.78 is 0. The normalized spacial score (nSPS) is 17.6. The summed E-state index contributed by atoms with van der Waals surface area (Å²) in [5, 5.41) is 0. The van der Waals surface area contributed by atoms with Crippen LogP contribution in [0.4, 0.5) is 0 Å². The van der Waals surface area contributed by atoms with Crippen LogP contribution in [-0.4, -0.2) is 0 Å². The van der Waals surface area contributed by atoms with Gasteiger partial charge in [0.25, 0.3) is 0 Å². The smallest absolute Gasteiger partial charge is 0.0178 e. The summed E-state index contributed by atoms with van der Waals surface area (Å²) in [7, 11) is 0. The molecular formula is C13H26. The molecule has 2 unspecified atom stereocenters. The van der Waals surface area contributed by atoms with E-state index < -0.39 is 0 Å². The van der Waals surface area contributed by atoms with Gasteiger partial charge in [-0.1, -0.05) is 46.3 Å². The van der Waals surface area contributed by atoms with Gasteiger partial charge in [-0.3, -0.25) is 0 Å². The molecule has 2 atom stereocenters. The van der Waals surface area contributed by atoms with Crippen molar-refractivity contribution in [1.82, 2.24) is 0 Å². The molecule has 0 radical (unpaired) electrons. The maximum atomic E-state index is 2.39. The van der Waals surface area contributed by atoms with E-state index in [9.17, 15) is 0 Å². The standard InChI is InChI=1S/C13H26/c1-7-12(8-2)13(9-3)11(6)10(4)5/h7,10-11,13H,8-9H2,1-6H3. The van der Waals surface area contributed by atoms with Crippen LogP contribution >= 0.6 is 0 Å². The summed E-state index contributed by atoms with van der Waals surface area (Å²) in [6.45, 7) is 13.8. The molecule has 0 nitrogen and oxygen atoms in total. The molecule has 0 aromatic rings. The first-order valence-corrected chi connectivity index (χ1v) is 5.73. The zero-order chi connectivity index (χ0) is 10.4. The van der Waals surface area contributed by atoms with Crippen LogP contribution in [0.5, 0.6) is 0 Å². The fourth-order valence-electron chi connectivity index (χ4n) is 2.12. The molecule has 78 valence electrons. The van der Waals surface area contributed by atoms with E-state index in [1.54, 1.807) is 5.57 Å². The van der Waals surface area contributed by atoms with Gasteiger partial charge in [-0.25, -0.2) is 0 Å². The minimum absolute atomic E-state index is 0.798. The summed E-state index contributed by atoms with van der Waals surface area (Å²) in [6.07, 6.45) is 4.81. The van der Waals surface area contributed by atoms with Crippen LogP contribution in [-0.2, 0) is 0 Å².